The van der Waals surface area contributed by atoms with E-state index in [-0.39, 0.29) is 5.92 Å². The van der Waals surface area contributed by atoms with Gasteiger partial charge in [-0.25, -0.2) is 9.67 Å². The van der Waals surface area contributed by atoms with Gasteiger partial charge in [0.25, 0.3) is 0 Å². The van der Waals surface area contributed by atoms with Gasteiger partial charge in [0.05, 0.1) is 13.1 Å². The predicted molar refractivity (Wildman–Crippen MR) is 61.9 cm³/mol. The first kappa shape index (κ1) is 10.7. The molecule has 0 saturated heterocycles. The molecule has 2 atom stereocenters. The van der Waals surface area contributed by atoms with Crippen LogP contribution in [0, 0.1) is 17.8 Å². The number of hydrogen-bond acceptors (Lipinski definition) is 3. The van der Waals surface area contributed by atoms with E-state index in [2.05, 4.69) is 23.9 Å². The van der Waals surface area contributed by atoms with Crippen LogP contribution in [0.3, 0.4) is 0 Å². The number of amides is 1. The van der Waals surface area contributed by atoms with Crippen molar-refractivity contribution in [3.63, 3.8) is 0 Å². The molecule has 0 radical (unpaired) electrons. The van der Waals surface area contributed by atoms with Gasteiger partial charge in [0.2, 0.25) is 5.91 Å². The van der Waals surface area contributed by atoms with Gasteiger partial charge in [-0.05, 0) is 18.3 Å². The quantitative estimate of drug-likeness (QED) is 0.764. The Morgan fingerprint density at radius 2 is 2.29 bits per heavy atom. The molecule has 1 aromatic heterocycles. The van der Waals surface area contributed by atoms with E-state index >= 15 is 0 Å². The number of hydrogen-bond donors (Lipinski definition) is 0. The van der Waals surface area contributed by atoms with Gasteiger partial charge >= 0.3 is 0 Å². The van der Waals surface area contributed by atoms with Crippen molar-refractivity contribution in [2.75, 3.05) is 6.54 Å². The third kappa shape index (κ3) is 1.83. The zero-order valence-electron chi connectivity index (χ0n) is 10.3. The average Bonchev–Trinajstić information content (AvgIpc) is 2.99. The zero-order chi connectivity index (χ0) is 12.0. The standard InChI is InChI=1S/C12H18N4O/c1-8(2)9-5-10(9)12(17)15-3-4-16-11(6-15)13-7-14-16/h7-10H,3-6H2,1-2H3. The minimum atomic E-state index is 0.268. The molecule has 1 aliphatic heterocycles. The summed E-state index contributed by atoms with van der Waals surface area (Å²) < 4.78 is 1.89. The van der Waals surface area contributed by atoms with Crippen molar-refractivity contribution < 1.29 is 4.79 Å². The topological polar surface area (TPSA) is 51.0 Å². The van der Waals surface area contributed by atoms with Crippen molar-refractivity contribution in [1.29, 1.82) is 0 Å². The number of aromatic nitrogens is 3. The Labute approximate surface area is 101 Å². The molecule has 0 spiro atoms. The molecule has 0 bridgehead atoms. The summed E-state index contributed by atoms with van der Waals surface area (Å²) in [6.07, 6.45) is 2.64. The van der Waals surface area contributed by atoms with Gasteiger partial charge < -0.3 is 4.90 Å². The summed E-state index contributed by atoms with van der Waals surface area (Å²) in [6.45, 7) is 6.58. The van der Waals surface area contributed by atoms with Crippen LogP contribution in [0.4, 0.5) is 0 Å². The molecule has 0 N–H and O–H groups in total. The van der Waals surface area contributed by atoms with Crippen molar-refractivity contribution in [3.05, 3.63) is 12.2 Å². The molecule has 3 rings (SSSR count). The third-order valence-electron chi connectivity index (χ3n) is 3.93. The van der Waals surface area contributed by atoms with Gasteiger partial charge in [0.1, 0.15) is 12.2 Å². The molecule has 1 amide bonds. The van der Waals surface area contributed by atoms with E-state index in [4.69, 9.17) is 0 Å². The van der Waals surface area contributed by atoms with Crippen molar-refractivity contribution in [1.82, 2.24) is 19.7 Å². The van der Waals surface area contributed by atoms with Crippen molar-refractivity contribution >= 4 is 5.91 Å². The first-order valence-electron chi connectivity index (χ1n) is 6.32. The average molecular weight is 234 g/mol. The number of fused-ring (bicyclic) bond motifs is 1. The minimum Gasteiger partial charge on any atom is -0.333 e. The Hall–Kier alpha value is -1.39. The van der Waals surface area contributed by atoms with Crippen LogP contribution in [0.1, 0.15) is 26.1 Å². The van der Waals surface area contributed by atoms with Gasteiger partial charge in [-0.3, -0.25) is 4.79 Å². The molecule has 1 aliphatic carbocycles. The smallest absolute Gasteiger partial charge is 0.226 e. The molecule has 2 aliphatic rings. The van der Waals surface area contributed by atoms with Gasteiger partial charge in [0.15, 0.2) is 0 Å². The third-order valence-corrected chi connectivity index (χ3v) is 3.93. The van der Waals surface area contributed by atoms with Gasteiger partial charge in [0, 0.05) is 12.5 Å². The maximum atomic E-state index is 12.3. The van der Waals surface area contributed by atoms with Crippen LogP contribution in [-0.2, 0) is 17.9 Å². The second-order valence-electron chi connectivity index (χ2n) is 5.41. The van der Waals surface area contributed by atoms with Crippen LogP contribution in [-0.4, -0.2) is 32.1 Å². The predicted octanol–water partition coefficient (Wildman–Crippen LogP) is 0.912. The monoisotopic (exact) mass is 234 g/mol. The molecular formula is C12H18N4O. The molecule has 5 nitrogen and oxygen atoms in total. The summed E-state index contributed by atoms with van der Waals surface area (Å²) in [5.74, 6) is 2.72. The highest BCUT2D eigenvalue weighted by molar-refractivity contribution is 5.81. The van der Waals surface area contributed by atoms with Crippen molar-refractivity contribution in [3.8, 4) is 0 Å². The van der Waals surface area contributed by atoms with Crippen LogP contribution >= 0.6 is 0 Å². The lowest BCUT2D eigenvalue weighted by atomic mass is 10.1. The SMILES string of the molecule is CC(C)C1CC1C(=O)N1CCn2ncnc2C1. The first-order valence-corrected chi connectivity index (χ1v) is 6.32. The fourth-order valence-electron chi connectivity index (χ4n) is 2.72. The summed E-state index contributed by atoms with van der Waals surface area (Å²) in [5, 5.41) is 4.12. The van der Waals surface area contributed by atoms with Crippen LogP contribution in [0.5, 0.6) is 0 Å². The number of rotatable bonds is 2. The van der Waals surface area contributed by atoms with E-state index in [1.165, 1.54) is 0 Å². The summed E-state index contributed by atoms with van der Waals surface area (Å²) >= 11 is 0. The second-order valence-corrected chi connectivity index (χ2v) is 5.41. The molecule has 17 heavy (non-hydrogen) atoms. The van der Waals surface area contributed by atoms with E-state index in [0.717, 1.165) is 25.3 Å². The molecule has 1 fully saturated rings. The van der Waals surface area contributed by atoms with Gasteiger partial charge in [-0.15, -0.1) is 0 Å². The molecule has 2 heterocycles. The van der Waals surface area contributed by atoms with E-state index < -0.39 is 0 Å². The van der Waals surface area contributed by atoms with E-state index in [9.17, 15) is 4.79 Å². The number of carbonyl (C=O) groups excluding carboxylic acids is 1. The lowest BCUT2D eigenvalue weighted by Gasteiger charge is -2.27. The first-order chi connectivity index (χ1) is 8.16. The number of nitrogens with zero attached hydrogens (tertiary/aromatic N) is 4. The zero-order valence-corrected chi connectivity index (χ0v) is 10.3. The normalized spacial score (nSPS) is 27.1. The Morgan fingerprint density at radius 1 is 1.47 bits per heavy atom. The molecular weight excluding hydrogens is 216 g/mol. The Balaban J connectivity index is 1.66. The highest BCUT2D eigenvalue weighted by Crippen LogP contribution is 2.45. The van der Waals surface area contributed by atoms with Crippen LogP contribution in [0.2, 0.25) is 0 Å². The lowest BCUT2D eigenvalue weighted by molar-refractivity contribution is -0.134. The number of carbonyl (C=O) groups is 1. The minimum absolute atomic E-state index is 0.268. The molecule has 1 aromatic rings. The molecule has 5 heteroatoms. The van der Waals surface area contributed by atoms with Crippen LogP contribution in [0.25, 0.3) is 0 Å². The molecule has 92 valence electrons. The van der Waals surface area contributed by atoms with E-state index in [1.807, 2.05) is 9.58 Å². The van der Waals surface area contributed by atoms with Crippen LogP contribution < -0.4 is 0 Å². The molecule has 0 aromatic carbocycles. The summed E-state index contributed by atoms with van der Waals surface area (Å²) in [5.41, 5.74) is 0. The summed E-state index contributed by atoms with van der Waals surface area (Å²) in [6, 6.07) is 0. The second kappa shape index (κ2) is 3.82. The highest BCUT2D eigenvalue weighted by Gasteiger charge is 2.46. The van der Waals surface area contributed by atoms with Crippen molar-refractivity contribution in [2.24, 2.45) is 17.8 Å². The maximum absolute atomic E-state index is 12.3. The molecule has 2 unspecified atom stereocenters. The van der Waals surface area contributed by atoms with Gasteiger partial charge in [-0.2, -0.15) is 5.10 Å². The lowest BCUT2D eigenvalue weighted by Crippen LogP contribution is -2.40. The van der Waals surface area contributed by atoms with Crippen LogP contribution in [0.15, 0.2) is 6.33 Å². The van der Waals surface area contributed by atoms with E-state index in [0.29, 0.717) is 24.3 Å². The fraction of sp³-hybridized carbons (Fsp3) is 0.750. The van der Waals surface area contributed by atoms with Crippen molar-refractivity contribution in [2.45, 2.75) is 33.4 Å². The summed E-state index contributed by atoms with van der Waals surface area (Å²) in [4.78, 5) is 18.4. The Kier molecular flexibility index (Phi) is 2.42. The Bertz CT molecular complexity index is 439. The summed E-state index contributed by atoms with van der Waals surface area (Å²) in [7, 11) is 0. The largest absolute Gasteiger partial charge is 0.333 e. The maximum Gasteiger partial charge on any atom is 0.226 e. The molecule has 1 saturated carbocycles. The van der Waals surface area contributed by atoms with Gasteiger partial charge in [-0.1, -0.05) is 13.8 Å². The Morgan fingerprint density at radius 3 is 3.00 bits per heavy atom. The fourth-order valence-corrected chi connectivity index (χ4v) is 2.72. The van der Waals surface area contributed by atoms with E-state index in [1.54, 1.807) is 6.33 Å². The highest BCUT2D eigenvalue weighted by atomic mass is 16.2.